The number of pyridine rings is 1. The van der Waals surface area contributed by atoms with E-state index in [-0.39, 0.29) is 18.6 Å². The maximum atomic E-state index is 10.8. The minimum atomic E-state index is -0.865. The quantitative estimate of drug-likeness (QED) is 0.532. The van der Waals surface area contributed by atoms with Crippen LogP contribution in [0.2, 0.25) is 10.0 Å². The molecule has 1 atom stereocenters. The number of halogens is 2. The van der Waals surface area contributed by atoms with Gasteiger partial charge in [-0.2, -0.15) is 0 Å². The predicted octanol–water partition coefficient (Wildman–Crippen LogP) is 4.58. The normalized spacial score (nSPS) is 19.0. The average molecular weight is 449 g/mol. The molecule has 0 radical (unpaired) electrons. The maximum absolute atomic E-state index is 10.8. The first-order chi connectivity index (χ1) is 14.4. The lowest BCUT2D eigenvalue weighted by molar-refractivity contribution is -0.138. The Bertz CT molecular complexity index is 1070. The van der Waals surface area contributed by atoms with Gasteiger partial charge >= 0.3 is 5.97 Å². The summed E-state index contributed by atoms with van der Waals surface area (Å²) < 4.78 is 7.63. The molecule has 0 amide bonds. The lowest BCUT2D eigenvalue weighted by atomic mass is 10.00. The van der Waals surface area contributed by atoms with Gasteiger partial charge in [0, 0.05) is 30.4 Å². The smallest absolute Gasteiger partial charge is 0.305 e. The van der Waals surface area contributed by atoms with Gasteiger partial charge in [0.2, 0.25) is 0 Å². The number of imidazole rings is 1. The second-order valence-corrected chi connectivity index (χ2v) is 8.46. The fraction of sp³-hybridized carbons (Fsp3) is 0.381. The van der Waals surface area contributed by atoms with Crippen LogP contribution in [0.1, 0.15) is 26.2 Å². The van der Waals surface area contributed by atoms with Crippen LogP contribution in [-0.2, 0) is 9.53 Å². The molecule has 1 aliphatic heterocycles. The van der Waals surface area contributed by atoms with E-state index in [1.807, 2.05) is 22.9 Å². The molecule has 1 aromatic carbocycles. The number of rotatable bonds is 7. The first-order valence-electron chi connectivity index (χ1n) is 9.73. The highest BCUT2D eigenvalue weighted by Gasteiger charge is 2.38. The van der Waals surface area contributed by atoms with Crippen LogP contribution in [0.15, 0.2) is 36.9 Å². The molecule has 0 bridgehead atoms. The standard InChI is InChI=1S/C21H22Cl2N4O3/c1-21(12-30-10-5-18(28)29)6-2-8-27(21)17-11-16(26-9-7-24-13-26)14-3-4-15(22)19(23)20(14)25-17/h3-4,7,9,11,13H,2,5-6,8,10,12H2,1H3,(H,28,29). The van der Waals surface area contributed by atoms with Crippen molar-refractivity contribution in [1.82, 2.24) is 14.5 Å². The Hall–Kier alpha value is -2.35. The second kappa shape index (κ2) is 8.41. The van der Waals surface area contributed by atoms with Gasteiger partial charge in [-0.1, -0.05) is 23.2 Å². The molecule has 7 nitrogen and oxygen atoms in total. The van der Waals surface area contributed by atoms with Gasteiger partial charge in [0.05, 0.1) is 52.8 Å². The molecule has 3 heterocycles. The fourth-order valence-electron chi connectivity index (χ4n) is 3.97. The third kappa shape index (κ3) is 3.97. The van der Waals surface area contributed by atoms with Crippen LogP contribution < -0.4 is 4.90 Å². The number of carbonyl (C=O) groups is 1. The molecule has 1 aliphatic rings. The highest BCUT2D eigenvalue weighted by Crippen LogP contribution is 2.39. The van der Waals surface area contributed by atoms with Gasteiger partial charge in [0.1, 0.15) is 5.82 Å². The lowest BCUT2D eigenvalue weighted by Gasteiger charge is -2.36. The molecule has 2 aromatic heterocycles. The van der Waals surface area contributed by atoms with Gasteiger partial charge in [0.15, 0.2) is 0 Å². The SMILES string of the molecule is CC1(COCCC(=O)O)CCCN1c1cc(-n2ccnc2)c2ccc(Cl)c(Cl)c2n1. The average Bonchev–Trinajstić information content (AvgIpc) is 3.38. The molecule has 3 aromatic rings. The molecule has 1 fully saturated rings. The molecule has 0 aliphatic carbocycles. The third-order valence-electron chi connectivity index (χ3n) is 5.52. The van der Waals surface area contributed by atoms with Crippen LogP contribution in [0.5, 0.6) is 0 Å². The van der Waals surface area contributed by atoms with Crippen molar-refractivity contribution in [1.29, 1.82) is 0 Å². The van der Waals surface area contributed by atoms with Gasteiger partial charge in [-0.15, -0.1) is 0 Å². The van der Waals surface area contributed by atoms with E-state index >= 15 is 0 Å². The molecule has 1 unspecified atom stereocenters. The van der Waals surface area contributed by atoms with E-state index in [0.29, 0.717) is 22.2 Å². The van der Waals surface area contributed by atoms with Crippen LogP contribution >= 0.6 is 23.2 Å². The summed E-state index contributed by atoms with van der Waals surface area (Å²) in [4.78, 5) is 22.0. The summed E-state index contributed by atoms with van der Waals surface area (Å²) in [5.74, 6) is -0.0895. The number of nitrogens with zero attached hydrogens (tertiary/aromatic N) is 4. The highest BCUT2D eigenvalue weighted by molar-refractivity contribution is 6.45. The van der Waals surface area contributed by atoms with E-state index in [0.717, 1.165) is 36.3 Å². The Labute approximate surface area is 184 Å². The third-order valence-corrected chi connectivity index (χ3v) is 6.31. The first-order valence-corrected chi connectivity index (χ1v) is 10.5. The molecule has 4 rings (SSSR count). The minimum Gasteiger partial charge on any atom is -0.481 e. The summed E-state index contributed by atoms with van der Waals surface area (Å²) in [5, 5.41) is 10.6. The van der Waals surface area contributed by atoms with Crippen molar-refractivity contribution in [3.05, 3.63) is 47.0 Å². The number of hydrogen-bond donors (Lipinski definition) is 1. The molecule has 9 heteroatoms. The monoisotopic (exact) mass is 448 g/mol. The summed E-state index contributed by atoms with van der Waals surface area (Å²) in [5.41, 5.74) is 1.25. The highest BCUT2D eigenvalue weighted by atomic mass is 35.5. The summed E-state index contributed by atoms with van der Waals surface area (Å²) in [7, 11) is 0. The number of carboxylic acids is 1. The number of fused-ring (bicyclic) bond motifs is 1. The zero-order chi connectivity index (χ0) is 21.3. The summed E-state index contributed by atoms with van der Waals surface area (Å²) >= 11 is 12.8. The molecule has 158 valence electrons. The number of benzene rings is 1. The Morgan fingerprint density at radius 2 is 2.20 bits per heavy atom. The van der Waals surface area contributed by atoms with Gasteiger partial charge in [-0.3, -0.25) is 4.79 Å². The Balaban J connectivity index is 1.74. The Kier molecular flexibility index (Phi) is 5.86. The van der Waals surface area contributed by atoms with Gasteiger partial charge < -0.3 is 19.3 Å². The van der Waals surface area contributed by atoms with Crippen molar-refractivity contribution in [3.63, 3.8) is 0 Å². The predicted molar refractivity (Wildman–Crippen MR) is 117 cm³/mol. The van der Waals surface area contributed by atoms with Crippen molar-refractivity contribution < 1.29 is 14.6 Å². The second-order valence-electron chi connectivity index (χ2n) is 7.68. The summed E-state index contributed by atoms with van der Waals surface area (Å²) in [6.07, 6.45) is 7.23. The van der Waals surface area contributed by atoms with Gasteiger partial charge in [-0.05, 0) is 31.9 Å². The maximum Gasteiger partial charge on any atom is 0.305 e. The van der Waals surface area contributed by atoms with Crippen molar-refractivity contribution >= 4 is 45.9 Å². The molecular formula is C21H22Cl2N4O3. The Morgan fingerprint density at radius 3 is 2.93 bits per heavy atom. The van der Waals surface area contributed by atoms with Gasteiger partial charge in [0.25, 0.3) is 0 Å². The van der Waals surface area contributed by atoms with E-state index in [9.17, 15) is 4.79 Å². The zero-order valence-electron chi connectivity index (χ0n) is 16.5. The largest absolute Gasteiger partial charge is 0.481 e. The van der Waals surface area contributed by atoms with E-state index in [1.54, 1.807) is 18.6 Å². The fourth-order valence-corrected chi connectivity index (χ4v) is 4.33. The molecular weight excluding hydrogens is 427 g/mol. The number of hydrogen-bond acceptors (Lipinski definition) is 5. The number of aromatic nitrogens is 3. The zero-order valence-corrected chi connectivity index (χ0v) is 18.0. The molecule has 1 saturated heterocycles. The van der Waals surface area contributed by atoms with E-state index in [4.69, 9.17) is 38.0 Å². The molecule has 0 saturated carbocycles. The number of carboxylic acid groups (broad SMARTS) is 1. The van der Waals surface area contributed by atoms with E-state index in [2.05, 4.69) is 16.8 Å². The molecule has 30 heavy (non-hydrogen) atoms. The Morgan fingerprint density at radius 1 is 1.37 bits per heavy atom. The topological polar surface area (TPSA) is 80.5 Å². The lowest BCUT2D eigenvalue weighted by Crippen LogP contribution is -2.45. The number of anilines is 1. The molecule has 0 spiro atoms. The van der Waals surface area contributed by atoms with Crippen molar-refractivity contribution in [2.75, 3.05) is 24.7 Å². The van der Waals surface area contributed by atoms with Crippen LogP contribution in [0.3, 0.4) is 0 Å². The van der Waals surface area contributed by atoms with Crippen LogP contribution in [0.25, 0.3) is 16.6 Å². The molecule has 1 N–H and O–H groups in total. The van der Waals surface area contributed by atoms with Crippen molar-refractivity contribution in [2.24, 2.45) is 0 Å². The number of ether oxygens (including phenoxy) is 1. The minimum absolute atomic E-state index is 0.0107. The van der Waals surface area contributed by atoms with Crippen molar-refractivity contribution in [3.8, 4) is 5.69 Å². The number of aliphatic carboxylic acids is 1. The van der Waals surface area contributed by atoms with Crippen molar-refractivity contribution in [2.45, 2.75) is 31.7 Å². The summed E-state index contributed by atoms with van der Waals surface area (Å²) in [6.45, 7) is 3.54. The summed E-state index contributed by atoms with van der Waals surface area (Å²) in [6, 6.07) is 5.70. The van der Waals surface area contributed by atoms with E-state index < -0.39 is 5.97 Å². The van der Waals surface area contributed by atoms with Crippen LogP contribution in [-0.4, -0.2) is 50.9 Å². The van der Waals surface area contributed by atoms with Crippen LogP contribution in [0.4, 0.5) is 5.82 Å². The van der Waals surface area contributed by atoms with E-state index in [1.165, 1.54) is 0 Å². The first kappa shape index (κ1) is 20.9. The van der Waals surface area contributed by atoms with Gasteiger partial charge in [-0.25, -0.2) is 9.97 Å². The van der Waals surface area contributed by atoms with Crippen LogP contribution in [0, 0.1) is 0 Å².